The van der Waals surface area contributed by atoms with Crippen LogP contribution in [-0.2, 0) is 0 Å². The van der Waals surface area contributed by atoms with Gasteiger partial charge in [0.05, 0.1) is 0 Å². The molecule has 0 radical (unpaired) electrons. The molecule has 3 nitrogen and oxygen atoms in total. The summed E-state index contributed by atoms with van der Waals surface area (Å²) in [6, 6.07) is 17.7. The van der Waals surface area contributed by atoms with Gasteiger partial charge in [0.15, 0.2) is 0 Å². The normalized spacial score (nSPS) is 28.2. The maximum absolute atomic E-state index is 6.57. The number of rotatable bonds is 5. The van der Waals surface area contributed by atoms with Gasteiger partial charge in [-0.15, -0.1) is 0 Å². The highest BCUT2D eigenvalue weighted by Crippen LogP contribution is 2.34. The van der Waals surface area contributed by atoms with E-state index in [-0.39, 0.29) is 6.04 Å². The SMILES string of the molecule is NC(c1ccc(-c2ccc(OC3CN4CCC3CC4)cc2)cc1)C1CCCCC1. The largest absolute Gasteiger partial charge is 0.489 e. The topological polar surface area (TPSA) is 38.5 Å². The molecule has 3 heteroatoms. The molecule has 0 spiro atoms. The number of hydrogen-bond donors (Lipinski definition) is 1. The summed E-state index contributed by atoms with van der Waals surface area (Å²) in [5, 5.41) is 0. The first-order valence-electron chi connectivity index (χ1n) is 11.6. The summed E-state index contributed by atoms with van der Waals surface area (Å²) >= 11 is 0. The first-order valence-corrected chi connectivity index (χ1v) is 11.6. The van der Waals surface area contributed by atoms with Crippen molar-refractivity contribution in [3.05, 3.63) is 54.1 Å². The van der Waals surface area contributed by atoms with E-state index in [0.717, 1.165) is 18.2 Å². The molecule has 4 fully saturated rings. The van der Waals surface area contributed by atoms with Gasteiger partial charge in [0, 0.05) is 12.6 Å². The predicted octanol–water partition coefficient (Wildman–Crippen LogP) is 5.41. The van der Waals surface area contributed by atoms with Gasteiger partial charge in [-0.2, -0.15) is 0 Å². The second kappa shape index (κ2) is 8.49. The fourth-order valence-corrected chi connectivity index (χ4v) is 5.61. The Kier molecular flexibility index (Phi) is 5.61. The zero-order valence-electron chi connectivity index (χ0n) is 17.4. The van der Waals surface area contributed by atoms with E-state index in [1.807, 2.05) is 0 Å². The second-order valence-electron chi connectivity index (χ2n) is 9.36. The average molecular weight is 391 g/mol. The first kappa shape index (κ1) is 19.1. The van der Waals surface area contributed by atoms with Gasteiger partial charge in [-0.05, 0) is 79.4 Å². The molecule has 0 aromatic heterocycles. The van der Waals surface area contributed by atoms with Crippen LogP contribution in [0.15, 0.2) is 48.5 Å². The minimum absolute atomic E-state index is 0.182. The van der Waals surface area contributed by atoms with Gasteiger partial charge in [-0.1, -0.05) is 55.7 Å². The Labute approximate surface area is 175 Å². The van der Waals surface area contributed by atoms with Crippen molar-refractivity contribution in [1.82, 2.24) is 4.90 Å². The number of ether oxygens (including phenoxy) is 1. The maximum Gasteiger partial charge on any atom is 0.119 e. The molecule has 29 heavy (non-hydrogen) atoms. The summed E-state index contributed by atoms with van der Waals surface area (Å²) < 4.78 is 6.34. The lowest BCUT2D eigenvalue weighted by Gasteiger charge is -2.44. The maximum atomic E-state index is 6.57. The Morgan fingerprint density at radius 2 is 1.41 bits per heavy atom. The van der Waals surface area contributed by atoms with E-state index in [9.17, 15) is 0 Å². The molecule has 2 unspecified atom stereocenters. The molecule has 1 saturated carbocycles. The molecule has 154 valence electrons. The number of nitrogens with zero attached hydrogens (tertiary/aromatic N) is 1. The van der Waals surface area contributed by atoms with Crippen LogP contribution in [-0.4, -0.2) is 30.6 Å². The van der Waals surface area contributed by atoms with Crippen LogP contribution in [0.2, 0.25) is 0 Å². The molecular formula is C26H34N2O. The van der Waals surface area contributed by atoms with Gasteiger partial charge in [0.2, 0.25) is 0 Å². The van der Waals surface area contributed by atoms with Gasteiger partial charge in [0.1, 0.15) is 11.9 Å². The van der Waals surface area contributed by atoms with Crippen LogP contribution in [0.4, 0.5) is 0 Å². The molecule has 2 atom stereocenters. The van der Waals surface area contributed by atoms with E-state index in [2.05, 4.69) is 53.4 Å². The summed E-state index contributed by atoms with van der Waals surface area (Å²) in [6.45, 7) is 3.60. The first-order chi connectivity index (χ1) is 14.3. The lowest BCUT2D eigenvalue weighted by molar-refractivity contribution is -0.00775. The number of hydrogen-bond acceptors (Lipinski definition) is 3. The highest BCUT2D eigenvalue weighted by Gasteiger charge is 2.35. The van der Waals surface area contributed by atoms with Crippen molar-refractivity contribution in [1.29, 1.82) is 0 Å². The molecule has 3 aliphatic heterocycles. The van der Waals surface area contributed by atoms with E-state index >= 15 is 0 Å². The third-order valence-corrected chi connectivity index (χ3v) is 7.52. The summed E-state index contributed by atoms with van der Waals surface area (Å²) in [4.78, 5) is 2.54. The van der Waals surface area contributed by atoms with Crippen molar-refractivity contribution in [3.8, 4) is 16.9 Å². The third kappa shape index (κ3) is 4.22. The number of fused-ring (bicyclic) bond motifs is 3. The van der Waals surface area contributed by atoms with Crippen LogP contribution in [0.25, 0.3) is 11.1 Å². The molecule has 3 heterocycles. The molecule has 2 aromatic carbocycles. The minimum atomic E-state index is 0.182. The van der Waals surface area contributed by atoms with Gasteiger partial charge in [-0.25, -0.2) is 0 Å². The van der Waals surface area contributed by atoms with E-state index < -0.39 is 0 Å². The quantitative estimate of drug-likeness (QED) is 0.742. The smallest absolute Gasteiger partial charge is 0.119 e. The molecular weight excluding hydrogens is 356 g/mol. The van der Waals surface area contributed by atoms with Crippen LogP contribution >= 0.6 is 0 Å². The number of nitrogens with two attached hydrogens (primary N) is 1. The van der Waals surface area contributed by atoms with Crippen LogP contribution in [0.3, 0.4) is 0 Å². The van der Waals surface area contributed by atoms with Gasteiger partial charge < -0.3 is 10.5 Å². The van der Waals surface area contributed by atoms with E-state index in [0.29, 0.717) is 12.0 Å². The monoisotopic (exact) mass is 390 g/mol. The Morgan fingerprint density at radius 3 is 2.00 bits per heavy atom. The zero-order valence-corrected chi connectivity index (χ0v) is 17.4. The molecule has 3 saturated heterocycles. The zero-order chi connectivity index (χ0) is 19.6. The summed E-state index contributed by atoms with van der Waals surface area (Å²) in [7, 11) is 0. The van der Waals surface area contributed by atoms with Crippen molar-refractivity contribution < 1.29 is 4.74 Å². The lowest BCUT2D eigenvalue weighted by atomic mass is 9.81. The summed E-state index contributed by atoms with van der Waals surface area (Å²) in [5.74, 6) is 2.39. The van der Waals surface area contributed by atoms with Gasteiger partial charge in [0.25, 0.3) is 0 Å². The highest BCUT2D eigenvalue weighted by atomic mass is 16.5. The Hall–Kier alpha value is -1.84. The van der Waals surface area contributed by atoms with Crippen LogP contribution < -0.4 is 10.5 Å². The molecule has 6 rings (SSSR count). The Morgan fingerprint density at radius 1 is 0.793 bits per heavy atom. The van der Waals surface area contributed by atoms with Crippen molar-refractivity contribution in [3.63, 3.8) is 0 Å². The van der Waals surface area contributed by atoms with E-state index in [1.165, 1.54) is 74.7 Å². The molecule has 4 aliphatic rings. The standard InChI is InChI=1S/C26H34N2O/c27-26(22-4-2-1-3-5-22)23-8-6-19(7-9-23)20-10-12-24(13-11-20)29-25-18-28-16-14-21(25)15-17-28/h6-13,21-22,25-26H,1-5,14-18,27H2. The van der Waals surface area contributed by atoms with Crippen molar-refractivity contribution in [2.45, 2.75) is 57.1 Å². The second-order valence-corrected chi connectivity index (χ2v) is 9.36. The predicted molar refractivity (Wildman–Crippen MR) is 119 cm³/mol. The van der Waals surface area contributed by atoms with Gasteiger partial charge >= 0.3 is 0 Å². The fraction of sp³-hybridized carbons (Fsp3) is 0.538. The molecule has 2 aromatic rings. The Balaban J connectivity index is 1.23. The lowest BCUT2D eigenvalue weighted by Crippen LogP contribution is -2.52. The number of piperidine rings is 3. The third-order valence-electron chi connectivity index (χ3n) is 7.52. The Bertz CT molecular complexity index is 786. The van der Waals surface area contributed by atoms with Gasteiger partial charge in [-0.3, -0.25) is 4.90 Å². The number of benzene rings is 2. The van der Waals surface area contributed by atoms with Crippen molar-refractivity contribution >= 4 is 0 Å². The highest BCUT2D eigenvalue weighted by molar-refractivity contribution is 5.64. The fourth-order valence-electron chi connectivity index (χ4n) is 5.61. The van der Waals surface area contributed by atoms with Crippen molar-refractivity contribution in [2.75, 3.05) is 19.6 Å². The van der Waals surface area contributed by atoms with E-state index in [4.69, 9.17) is 10.5 Å². The van der Waals surface area contributed by atoms with Crippen LogP contribution in [0.1, 0.15) is 56.6 Å². The summed E-state index contributed by atoms with van der Waals surface area (Å²) in [6.07, 6.45) is 9.56. The molecule has 1 aliphatic carbocycles. The van der Waals surface area contributed by atoms with E-state index in [1.54, 1.807) is 0 Å². The van der Waals surface area contributed by atoms with Crippen molar-refractivity contribution in [2.24, 2.45) is 17.6 Å². The molecule has 2 N–H and O–H groups in total. The molecule has 0 amide bonds. The average Bonchev–Trinajstić information content (AvgIpc) is 2.81. The summed E-state index contributed by atoms with van der Waals surface area (Å²) in [5.41, 5.74) is 10.3. The van der Waals surface area contributed by atoms with Crippen LogP contribution in [0.5, 0.6) is 5.75 Å². The minimum Gasteiger partial charge on any atom is -0.489 e. The van der Waals surface area contributed by atoms with Crippen LogP contribution in [0, 0.1) is 11.8 Å². The molecule has 2 bridgehead atoms.